The van der Waals surface area contributed by atoms with Crippen molar-refractivity contribution in [3.63, 3.8) is 0 Å². The lowest BCUT2D eigenvalue weighted by Gasteiger charge is -2.26. The standard InChI is InChI=1S/C26H15ClF3NO7/c27-17-9-14(10-18-23(17)38-11-37-18)20-19(21(32)12-3-1-5-15(7-12)26(28,29)30)22(33)24(34)31(20)16-6-2-4-13(8-16)25(35)36/h1-10,20,32H,11H2,(H,35,36)/b21-19+/t20-/m0/s1. The second kappa shape index (κ2) is 9.10. The number of aromatic carboxylic acids is 1. The maximum absolute atomic E-state index is 13.3. The van der Waals surface area contributed by atoms with E-state index in [4.69, 9.17) is 21.1 Å². The Labute approximate surface area is 217 Å². The van der Waals surface area contributed by atoms with Gasteiger partial charge in [0.25, 0.3) is 11.7 Å². The summed E-state index contributed by atoms with van der Waals surface area (Å²) >= 11 is 6.33. The third kappa shape index (κ3) is 4.20. The lowest BCUT2D eigenvalue weighted by atomic mass is 9.94. The number of halogens is 4. The number of carboxylic acid groups (broad SMARTS) is 1. The van der Waals surface area contributed by atoms with Crippen LogP contribution in [0, 0.1) is 0 Å². The van der Waals surface area contributed by atoms with Gasteiger partial charge in [-0.25, -0.2) is 4.79 Å². The summed E-state index contributed by atoms with van der Waals surface area (Å²) in [6, 6.07) is 10.2. The van der Waals surface area contributed by atoms with E-state index in [1.807, 2.05) is 0 Å². The van der Waals surface area contributed by atoms with Crippen LogP contribution in [0.2, 0.25) is 5.02 Å². The number of hydrogen-bond donors (Lipinski definition) is 2. The molecule has 0 unspecified atom stereocenters. The van der Waals surface area contributed by atoms with Crippen molar-refractivity contribution < 1.29 is 47.2 Å². The first-order chi connectivity index (χ1) is 18.0. The topological polar surface area (TPSA) is 113 Å². The summed E-state index contributed by atoms with van der Waals surface area (Å²) in [6.07, 6.45) is -4.73. The molecule has 3 aromatic carbocycles. The Morgan fingerprint density at radius 1 is 0.974 bits per heavy atom. The van der Waals surface area contributed by atoms with Gasteiger partial charge in [-0.15, -0.1) is 0 Å². The molecule has 0 saturated carbocycles. The fourth-order valence-corrected chi connectivity index (χ4v) is 4.62. The molecule has 2 aliphatic heterocycles. The summed E-state index contributed by atoms with van der Waals surface area (Å²) in [4.78, 5) is 39.0. The molecule has 2 aliphatic rings. The number of nitrogens with zero attached hydrogens (tertiary/aromatic N) is 1. The molecule has 0 aromatic heterocycles. The highest BCUT2D eigenvalue weighted by Crippen LogP contribution is 2.47. The molecule has 1 fully saturated rings. The molecule has 8 nitrogen and oxygen atoms in total. The molecule has 194 valence electrons. The molecule has 12 heteroatoms. The SMILES string of the molecule is O=C1C(=O)N(c2cccc(C(=O)O)c2)[C@@H](c2cc(Cl)c3c(c2)OCO3)/C1=C(\O)c1cccc(C(F)(F)F)c1. The maximum Gasteiger partial charge on any atom is 0.416 e. The van der Waals surface area contributed by atoms with Gasteiger partial charge in [0.1, 0.15) is 5.76 Å². The van der Waals surface area contributed by atoms with Gasteiger partial charge in [-0.2, -0.15) is 13.2 Å². The molecule has 5 rings (SSSR count). The number of amides is 1. The fourth-order valence-electron chi connectivity index (χ4n) is 4.35. The monoisotopic (exact) mass is 545 g/mol. The van der Waals surface area contributed by atoms with E-state index in [0.717, 1.165) is 29.2 Å². The van der Waals surface area contributed by atoms with Gasteiger partial charge >= 0.3 is 12.1 Å². The van der Waals surface area contributed by atoms with E-state index in [2.05, 4.69) is 0 Å². The van der Waals surface area contributed by atoms with E-state index in [0.29, 0.717) is 6.07 Å². The molecule has 2 N–H and O–H groups in total. The lowest BCUT2D eigenvalue weighted by molar-refractivity contribution is -0.137. The molecule has 1 saturated heterocycles. The van der Waals surface area contributed by atoms with Gasteiger partial charge in [-0.1, -0.05) is 29.8 Å². The van der Waals surface area contributed by atoms with E-state index >= 15 is 0 Å². The summed E-state index contributed by atoms with van der Waals surface area (Å²) in [6.45, 7) is -0.149. The summed E-state index contributed by atoms with van der Waals surface area (Å²) in [5, 5.41) is 20.6. The van der Waals surface area contributed by atoms with Crippen LogP contribution in [0.15, 0.2) is 66.2 Å². The Hall–Kier alpha value is -4.51. The minimum absolute atomic E-state index is 0.00567. The van der Waals surface area contributed by atoms with Crippen LogP contribution in [-0.4, -0.2) is 34.7 Å². The summed E-state index contributed by atoms with van der Waals surface area (Å²) in [7, 11) is 0. The molecule has 38 heavy (non-hydrogen) atoms. The molecule has 0 aliphatic carbocycles. The Balaban J connectivity index is 1.75. The number of hydrogen-bond acceptors (Lipinski definition) is 6. The third-order valence-electron chi connectivity index (χ3n) is 6.04. The van der Waals surface area contributed by atoms with Crippen molar-refractivity contribution in [2.75, 3.05) is 11.7 Å². The highest BCUT2D eigenvalue weighted by Gasteiger charge is 2.48. The molecule has 0 spiro atoms. The number of aliphatic hydroxyl groups is 1. The predicted octanol–water partition coefficient (Wildman–Crippen LogP) is 5.41. The number of fused-ring (bicyclic) bond motifs is 1. The molecule has 3 aromatic rings. The number of ketones is 1. The number of alkyl halides is 3. The number of anilines is 1. The average molecular weight is 546 g/mol. The minimum atomic E-state index is -4.73. The van der Waals surface area contributed by atoms with Gasteiger partial charge in [0.15, 0.2) is 11.5 Å². The maximum atomic E-state index is 13.3. The van der Waals surface area contributed by atoms with Crippen molar-refractivity contribution >= 4 is 40.7 Å². The van der Waals surface area contributed by atoms with E-state index < -0.39 is 46.8 Å². The Bertz CT molecular complexity index is 1550. The number of ether oxygens (including phenoxy) is 2. The largest absolute Gasteiger partial charge is 0.507 e. The van der Waals surface area contributed by atoms with Crippen LogP contribution in [0.1, 0.15) is 33.1 Å². The van der Waals surface area contributed by atoms with Gasteiger partial charge in [-0.3, -0.25) is 14.5 Å². The number of carbonyl (C=O) groups is 3. The summed E-state index contributed by atoms with van der Waals surface area (Å²) < 4.78 is 50.7. The Kier molecular flexibility index (Phi) is 6.03. The zero-order chi connectivity index (χ0) is 27.4. The molecule has 1 amide bonds. The normalized spacial score (nSPS) is 18.2. The van der Waals surface area contributed by atoms with Crippen LogP contribution in [0.4, 0.5) is 18.9 Å². The van der Waals surface area contributed by atoms with Crippen LogP contribution in [0.5, 0.6) is 11.5 Å². The number of carbonyl (C=O) groups excluding carboxylic acids is 2. The van der Waals surface area contributed by atoms with Crippen molar-refractivity contribution in [3.05, 3.63) is 93.5 Å². The van der Waals surface area contributed by atoms with Crippen molar-refractivity contribution in [3.8, 4) is 11.5 Å². The highest BCUT2D eigenvalue weighted by molar-refractivity contribution is 6.51. The van der Waals surface area contributed by atoms with Gasteiger partial charge in [0.2, 0.25) is 6.79 Å². The average Bonchev–Trinajstić information content (AvgIpc) is 3.46. The minimum Gasteiger partial charge on any atom is -0.507 e. The fraction of sp³-hybridized carbons (Fsp3) is 0.115. The Morgan fingerprint density at radius 3 is 2.39 bits per heavy atom. The molecule has 0 bridgehead atoms. The van der Waals surface area contributed by atoms with Crippen LogP contribution in [0.3, 0.4) is 0 Å². The van der Waals surface area contributed by atoms with Crippen molar-refractivity contribution in [1.82, 2.24) is 0 Å². The smallest absolute Gasteiger partial charge is 0.416 e. The molecule has 1 atom stereocenters. The number of carboxylic acids is 1. The van der Waals surface area contributed by atoms with Crippen LogP contribution in [0.25, 0.3) is 5.76 Å². The van der Waals surface area contributed by atoms with E-state index in [9.17, 15) is 37.8 Å². The van der Waals surface area contributed by atoms with Crippen molar-refractivity contribution in [2.45, 2.75) is 12.2 Å². The second-order valence-electron chi connectivity index (χ2n) is 8.34. The lowest BCUT2D eigenvalue weighted by Crippen LogP contribution is -2.29. The summed E-state index contributed by atoms with van der Waals surface area (Å²) in [5.74, 6) is -4.10. The summed E-state index contributed by atoms with van der Waals surface area (Å²) in [5.41, 5.74) is -1.99. The molecule has 0 radical (unpaired) electrons. The molecule has 2 heterocycles. The number of benzene rings is 3. The quantitative estimate of drug-likeness (QED) is 0.256. The van der Waals surface area contributed by atoms with Gasteiger partial charge in [0.05, 0.1) is 27.8 Å². The number of rotatable bonds is 4. The molecular formula is C26H15ClF3NO7. The van der Waals surface area contributed by atoms with Crippen LogP contribution < -0.4 is 14.4 Å². The van der Waals surface area contributed by atoms with E-state index in [1.54, 1.807) is 0 Å². The first-order valence-electron chi connectivity index (χ1n) is 10.9. The van der Waals surface area contributed by atoms with Crippen LogP contribution >= 0.6 is 11.6 Å². The second-order valence-corrected chi connectivity index (χ2v) is 8.75. The van der Waals surface area contributed by atoms with Gasteiger partial charge < -0.3 is 19.7 Å². The zero-order valence-electron chi connectivity index (χ0n) is 19.0. The van der Waals surface area contributed by atoms with E-state index in [-0.39, 0.29) is 45.7 Å². The van der Waals surface area contributed by atoms with Gasteiger partial charge in [0, 0.05) is 11.3 Å². The van der Waals surface area contributed by atoms with Crippen molar-refractivity contribution in [2.24, 2.45) is 0 Å². The third-order valence-corrected chi connectivity index (χ3v) is 6.33. The highest BCUT2D eigenvalue weighted by atomic mass is 35.5. The number of aliphatic hydroxyl groups excluding tert-OH is 1. The van der Waals surface area contributed by atoms with E-state index in [1.165, 1.54) is 30.3 Å². The molecular weight excluding hydrogens is 531 g/mol. The predicted molar refractivity (Wildman–Crippen MR) is 127 cm³/mol. The first-order valence-corrected chi connectivity index (χ1v) is 11.3. The first kappa shape index (κ1) is 25.2. The van der Waals surface area contributed by atoms with Crippen molar-refractivity contribution in [1.29, 1.82) is 0 Å². The number of Topliss-reactive ketones (excluding diaryl/α,β-unsaturated/α-hetero) is 1. The zero-order valence-corrected chi connectivity index (χ0v) is 19.7. The Morgan fingerprint density at radius 2 is 1.68 bits per heavy atom. The van der Waals surface area contributed by atoms with Gasteiger partial charge in [-0.05, 0) is 48.0 Å². The van der Waals surface area contributed by atoms with Crippen LogP contribution in [-0.2, 0) is 15.8 Å².